The molecule has 138 valence electrons. The number of ether oxygens (including phenoxy) is 1. The number of esters is 1. The Labute approximate surface area is 157 Å². The highest BCUT2D eigenvalue weighted by atomic mass is 32.1. The van der Waals surface area contributed by atoms with E-state index in [4.69, 9.17) is 5.73 Å². The molecule has 3 rings (SSSR count). The lowest BCUT2D eigenvalue weighted by atomic mass is 10.2. The number of aromatic nitrogens is 2. The van der Waals surface area contributed by atoms with Gasteiger partial charge in [-0.05, 0) is 30.3 Å². The van der Waals surface area contributed by atoms with Crippen LogP contribution >= 0.6 is 11.3 Å². The van der Waals surface area contributed by atoms with Gasteiger partial charge in [-0.25, -0.2) is 14.2 Å². The molecule has 0 saturated heterocycles. The quantitative estimate of drug-likeness (QED) is 0.556. The zero-order valence-electron chi connectivity index (χ0n) is 14.0. The van der Waals surface area contributed by atoms with Crippen LogP contribution in [0.3, 0.4) is 0 Å². The van der Waals surface area contributed by atoms with E-state index < -0.39 is 17.7 Å². The van der Waals surface area contributed by atoms with Crippen molar-refractivity contribution in [2.45, 2.75) is 0 Å². The van der Waals surface area contributed by atoms with Crippen molar-refractivity contribution in [3.8, 4) is 0 Å². The van der Waals surface area contributed by atoms with Crippen LogP contribution in [0.1, 0.15) is 20.0 Å². The molecule has 1 amide bonds. The topological polar surface area (TPSA) is 119 Å². The average molecular weight is 387 g/mol. The lowest BCUT2D eigenvalue weighted by Gasteiger charge is -2.09. The van der Waals surface area contributed by atoms with Gasteiger partial charge in [-0.15, -0.1) is 11.3 Å². The second kappa shape index (κ2) is 7.79. The van der Waals surface area contributed by atoms with Crippen LogP contribution in [-0.4, -0.2) is 29.0 Å². The van der Waals surface area contributed by atoms with Gasteiger partial charge in [0.1, 0.15) is 4.88 Å². The number of nitrogens with one attached hydrogen (secondary N) is 2. The second-order valence-electron chi connectivity index (χ2n) is 5.24. The molecule has 0 aliphatic rings. The van der Waals surface area contributed by atoms with E-state index in [2.05, 4.69) is 25.3 Å². The fraction of sp³-hybridized carbons (Fsp3) is 0.0588. The SMILES string of the molecule is COC(=O)c1ccc(Nc2nc(Nc3cccc(C(N)=O)c3)ncc2F)s1. The van der Waals surface area contributed by atoms with E-state index >= 15 is 0 Å². The van der Waals surface area contributed by atoms with Crippen LogP contribution in [0.25, 0.3) is 0 Å². The summed E-state index contributed by atoms with van der Waals surface area (Å²) in [6.45, 7) is 0. The molecule has 0 spiro atoms. The number of nitrogens with two attached hydrogens (primary N) is 1. The van der Waals surface area contributed by atoms with Crippen molar-refractivity contribution in [3.05, 3.63) is 58.9 Å². The molecular weight excluding hydrogens is 373 g/mol. The number of carbonyl (C=O) groups excluding carboxylic acids is 2. The predicted octanol–water partition coefficient (Wildman–Crippen LogP) is 3.05. The van der Waals surface area contributed by atoms with E-state index in [1.54, 1.807) is 30.3 Å². The number of thiophene rings is 1. The Morgan fingerprint density at radius 2 is 2.04 bits per heavy atom. The van der Waals surface area contributed by atoms with Crippen LogP contribution in [0.15, 0.2) is 42.6 Å². The molecule has 0 bridgehead atoms. The summed E-state index contributed by atoms with van der Waals surface area (Å²) in [5.74, 6) is -1.67. The minimum atomic E-state index is -0.667. The van der Waals surface area contributed by atoms with E-state index in [0.29, 0.717) is 21.1 Å². The van der Waals surface area contributed by atoms with Crippen LogP contribution in [-0.2, 0) is 4.74 Å². The number of hydrogen-bond donors (Lipinski definition) is 3. The number of primary amides is 1. The van der Waals surface area contributed by atoms with Crippen molar-refractivity contribution in [1.82, 2.24) is 9.97 Å². The molecule has 0 aliphatic carbocycles. The van der Waals surface area contributed by atoms with E-state index in [1.807, 2.05) is 0 Å². The van der Waals surface area contributed by atoms with Gasteiger partial charge >= 0.3 is 5.97 Å². The number of nitrogens with zero attached hydrogens (tertiary/aromatic N) is 2. The number of carbonyl (C=O) groups is 2. The molecule has 0 fully saturated rings. The molecule has 2 heterocycles. The van der Waals surface area contributed by atoms with Crippen LogP contribution < -0.4 is 16.4 Å². The largest absolute Gasteiger partial charge is 0.465 e. The Morgan fingerprint density at radius 3 is 2.78 bits per heavy atom. The number of benzene rings is 1. The van der Waals surface area contributed by atoms with Crippen molar-refractivity contribution < 1.29 is 18.7 Å². The second-order valence-corrected chi connectivity index (χ2v) is 6.32. The third-order valence-electron chi connectivity index (χ3n) is 3.38. The molecular formula is C17H14FN5O3S. The smallest absolute Gasteiger partial charge is 0.348 e. The van der Waals surface area contributed by atoms with Crippen LogP contribution in [0.4, 0.5) is 26.8 Å². The van der Waals surface area contributed by atoms with Crippen LogP contribution in [0.2, 0.25) is 0 Å². The highest BCUT2D eigenvalue weighted by molar-refractivity contribution is 7.17. The molecule has 0 aliphatic heterocycles. The number of rotatable bonds is 6. The van der Waals surface area contributed by atoms with E-state index in [9.17, 15) is 14.0 Å². The number of amides is 1. The lowest BCUT2D eigenvalue weighted by Crippen LogP contribution is -2.11. The van der Waals surface area contributed by atoms with Crippen molar-refractivity contribution in [2.24, 2.45) is 5.73 Å². The van der Waals surface area contributed by atoms with E-state index in [-0.39, 0.29) is 11.8 Å². The minimum absolute atomic E-state index is 0.0724. The molecule has 1 aromatic carbocycles. The van der Waals surface area contributed by atoms with Crippen LogP contribution in [0.5, 0.6) is 0 Å². The van der Waals surface area contributed by atoms with Crippen molar-refractivity contribution in [2.75, 3.05) is 17.7 Å². The first kappa shape index (κ1) is 18.3. The zero-order chi connectivity index (χ0) is 19.4. The third-order valence-corrected chi connectivity index (χ3v) is 4.36. The molecule has 0 atom stereocenters. The first-order valence-corrected chi connectivity index (χ1v) is 8.42. The molecule has 10 heteroatoms. The molecule has 0 saturated carbocycles. The fourth-order valence-electron chi connectivity index (χ4n) is 2.13. The molecule has 4 N–H and O–H groups in total. The van der Waals surface area contributed by atoms with Gasteiger partial charge in [0.15, 0.2) is 11.6 Å². The van der Waals surface area contributed by atoms with Crippen LogP contribution in [0, 0.1) is 5.82 Å². The highest BCUT2D eigenvalue weighted by Crippen LogP contribution is 2.27. The summed E-state index contributed by atoms with van der Waals surface area (Å²) >= 11 is 1.10. The van der Waals surface area contributed by atoms with E-state index in [1.165, 1.54) is 13.2 Å². The van der Waals surface area contributed by atoms with Gasteiger partial charge in [-0.2, -0.15) is 4.98 Å². The molecule has 0 radical (unpaired) electrons. The maximum Gasteiger partial charge on any atom is 0.348 e. The number of halogens is 1. The molecule has 2 aromatic heterocycles. The standard InChI is InChI=1S/C17H14FN5O3S/c1-26-16(25)12-5-6-13(27-12)22-15-11(18)8-20-17(23-15)21-10-4-2-3-9(7-10)14(19)24/h2-8H,1H3,(H2,19,24)(H2,20,21,22,23). The maximum absolute atomic E-state index is 14.0. The maximum atomic E-state index is 14.0. The van der Waals surface area contributed by atoms with Gasteiger partial charge in [-0.1, -0.05) is 6.07 Å². The minimum Gasteiger partial charge on any atom is -0.465 e. The predicted molar refractivity (Wildman–Crippen MR) is 99.2 cm³/mol. The Bertz CT molecular complexity index is 1010. The summed E-state index contributed by atoms with van der Waals surface area (Å²) in [5.41, 5.74) is 6.09. The normalized spacial score (nSPS) is 10.3. The van der Waals surface area contributed by atoms with Gasteiger partial charge in [0.25, 0.3) is 0 Å². The average Bonchev–Trinajstić information content (AvgIpc) is 3.12. The molecule has 8 nitrogen and oxygen atoms in total. The Kier molecular flexibility index (Phi) is 5.27. The Morgan fingerprint density at radius 1 is 1.22 bits per heavy atom. The van der Waals surface area contributed by atoms with Gasteiger partial charge in [-0.3, -0.25) is 4.79 Å². The van der Waals surface area contributed by atoms with Crippen molar-refractivity contribution in [1.29, 1.82) is 0 Å². The van der Waals surface area contributed by atoms with Gasteiger partial charge in [0.05, 0.1) is 18.3 Å². The summed E-state index contributed by atoms with van der Waals surface area (Å²) < 4.78 is 18.7. The molecule has 3 aromatic rings. The zero-order valence-corrected chi connectivity index (χ0v) is 14.8. The summed E-state index contributed by atoms with van der Waals surface area (Å²) in [4.78, 5) is 31.1. The Balaban J connectivity index is 1.80. The van der Waals surface area contributed by atoms with Gasteiger partial charge in [0, 0.05) is 11.3 Å². The third kappa shape index (κ3) is 4.36. The van der Waals surface area contributed by atoms with E-state index in [0.717, 1.165) is 17.5 Å². The Hall–Kier alpha value is -3.53. The van der Waals surface area contributed by atoms with Gasteiger partial charge in [0.2, 0.25) is 11.9 Å². The van der Waals surface area contributed by atoms with Gasteiger partial charge < -0.3 is 21.1 Å². The van der Waals surface area contributed by atoms with Crippen molar-refractivity contribution in [3.63, 3.8) is 0 Å². The summed E-state index contributed by atoms with van der Waals surface area (Å²) in [5, 5.41) is 6.18. The number of hydrogen-bond acceptors (Lipinski definition) is 8. The van der Waals surface area contributed by atoms with Crippen molar-refractivity contribution >= 4 is 45.7 Å². The summed E-state index contributed by atoms with van der Waals surface area (Å²) in [7, 11) is 1.28. The number of anilines is 4. The number of methoxy groups -OCH3 is 1. The first-order valence-electron chi connectivity index (χ1n) is 7.61. The fourth-order valence-corrected chi connectivity index (χ4v) is 2.95. The lowest BCUT2D eigenvalue weighted by molar-refractivity contribution is 0.0606. The molecule has 0 unspecified atom stereocenters. The summed E-state index contributed by atoms with van der Waals surface area (Å²) in [6, 6.07) is 9.61. The monoisotopic (exact) mass is 387 g/mol. The highest BCUT2D eigenvalue weighted by Gasteiger charge is 2.12. The first-order chi connectivity index (χ1) is 13.0. The molecule has 27 heavy (non-hydrogen) atoms. The summed E-state index contributed by atoms with van der Waals surface area (Å²) in [6.07, 6.45) is 1.00.